The van der Waals surface area contributed by atoms with Crippen LogP contribution in [0.5, 0.6) is 5.75 Å². The fourth-order valence-electron chi connectivity index (χ4n) is 8.00. The molecule has 3 atom stereocenters. The number of hydrogen-bond acceptors (Lipinski definition) is 6. The van der Waals surface area contributed by atoms with Crippen molar-refractivity contribution < 1.29 is 14.3 Å². The molecule has 4 N–H and O–H groups in total. The molecule has 10 nitrogen and oxygen atoms in total. The van der Waals surface area contributed by atoms with Crippen LogP contribution >= 0.6 is 0 Å². The summed E-state index contributed by atoms with van der Waals surface area (Å²) in [6.45, 7) is 3.63. The van der Waals surface area contributed by atoms with Crippen molar-refractivity contribution >= 4 is 33.8 Å². The number of rotatable bonds is 8. The zero-order valence-electron chi connectivity index (χ0n) is 24.8. The van der Waals surface area contributed by atoms with Gasteiger partial charge in [-0.05, 0) is 61.3 Å². The number of aryl methyl sites for hydroxylation is 1. The van der Waals surface area contributed by atoms with E-state index in [1.54, 1.807) is 7.11 Å². The van der Waals surface area contributed by atoms with Crippen molar-refractivity contribution in [1.29, 1.82) is 0 Å². The number of para-hydroxylation sites is 1. The number of aromatic nitrogens is 3. The summed E-state index contributed by atoms with van der Waals surface area (Å²) in [5.74, 6) is 2.63. The molecule has 0 radical (unpaired) electrons. The fourth-order valence-corrected chi connectivity index (χ4v) is 8.00. The summed E-state index contributed by atoms with van der Waals surface area (Å²) in [6.07, 6.45) is 4.55. The summed E-state index contributed by atoms with van der Waals surface area (Å²) in [7, 11) is 3.68. The van der Waals surface area contributed by atoms with Crippen LogP contribution in [0, 0.1) is 11.8 Å². The number of methoxy groups -OCH3 is 1. The molecule has 4 fully saturated rings. The van der Waals surface area contributed by atoms with E-state index in [1.807, 2.05) is 24.1 Å². The summed E-state index contributed by atoms with van der Waals surface area (Å²) >= 11 is 0. The van der Waals surface area contributed by atoms with Crippen LogP contribution in [-0.4, -0.2) is 81.1 Å². The molecule has 2 aliphatic carbocycles. The average Bonchev–Trinajstić information content (AvgIpc) is 3.36. The van der Waals surface area contributed by atoms with Gasteiger partial charge in [0.2, 0.25) is 5.91 Å². The van der Waals surface area contributed by atoms with Crippen molar-refractivity contribution in [1.82, 2.24) is 23.9 Å². The van der Waals surface area contributed by atoms with E-state index >= 15 is 0 Å². The van der Waals surface area contributed by atoms with Crippen molar-refractivity contribution in [3.63, 3.8) is 0 Å². The van der Waals surface area contributed by atoms with E-state index < -0.39 is 0 Å². The molecule has 4 heterocycles. The minimum Gasteiger partial charge on any atom is -0.494 e. The Morgan fingerprint density at radius 1 is 1.05 bits per heavy atom. The summed E-state index contributed by atoms with van der Waals surface area (Å²) in [5.41, 5.74) is 17.7. The zero-order chi connectivity index (χ0) is 29.6. The Morgan fingerprint density at radius 3 is 2.53 bits per heavy atom. The Balaban J connectivity index is 1.21. The third kappa shape index (κ3) is 4.25. The lowest BCUT2D eigenvalue weighted by molar-refractivity contribution is -0.120. The van der Waals surface area contributed by atoms with Crippen LogP contribution in [0.25, 0.3) is 33.5 Å². The lowest BCUT2D eigenvalue weighted by atomic mass is 9.90. The number of nitrogens with two attached hydrogens (primary N) is 2. The summed E-state index contributed by atoms with van der Waals surface area (Å²) in [5, 5.41) is 1.19. The normalized spacial score (nSPS) is 23.9. The number of carbonyl (C=O) groups is 2. The van der Waals surface area contributed by atoms with Gasteiger partial charge in [-0.1, -0.05) is 18.2 Å². The largest absolute Gasteiger partial charge is 0.494 e. The Bertz CT molecular complexity index is 1780. The highest BCUT2D eigenvalue weighted by Gasteiger charge is 2.47. The third-order valence-corrected chi connectivity index (χ3v) is 10.4. The summed E-state index contributed by atoms with van der Waals surface area (Å²) < 4.78 is 10.4. The predicted molar refractivity (Wildman–Crippen MR) is 165 cm³/mol. The van der Waals surface area contributed by atoms with Gasteiger partial charge in [0.05, 0.1) is 30.4 Å². The molecule has 0 spiro atoms. The molecule has 10 heteroatoms. The van der Waals surface area contributed by atoms with Crippen molar-refractivity contribution in [2.75, 3.05) is 33.3 Å². The topological polar surface area (TPSA) is 125 Å². The number of carbonyl (C=O) groups excluding carboxylic acids is 2. The van der Waals surface area contributed by atoms with E-state index in [0.29, 0.717) is 35.6 Å². The smallest absolute Gasteiger partial charge is 0.254 e. The van der Waals surface area contributed by atoms with E-state index in [0.717, 1.165) is 61.6 Å². The zero-order valence-corrected chi connectivity index (χ0v) is 24.8. The van der Waals surface area contributed by atoms with Gasteiger partial charge >= 0.3 is 0 Å². The van der Waals surface area contributed by atoms with Crippen LogP contribution < -0.4 is 16.2 Å². The number of benzene rings is 2. The number of likely N-dealkylation sites (tertiary alicyclic amines) is 2. The molecule has 2 amide bonds. The number of primary amides is 1. The molecule has 2 aliphatic heterocycles. The maximum atomic E-state index is 13.7. The third-order valence-electron chi connectivity index (χ3n) is 10.4. The number of imidazole rings is 1. The molecule has 4 aromatic rings. The van der Waals surface area contributed by atoms with E-state index in [-0.39, 0.29) is 23.9 Å². The van der Waals surface area contributed by atoms with Crippen LogP contribution in [0.15, 0.2) is 36.4 Å². The quantitative estimate of drug-likeness (QED) is 0.330. The molecule has 0 unspecified atom stereocenters. The maximum Gasteiger partial charge on any atom is 0.254 e. The second kappa shape index (κ2) is 9.82. The summed E-state index contributed by atoms with van der Waals surface area (Å²) in [4.78, 5) is 34.4. The average molecular weight is 582 g/mol. The van der Waals surface area contributed by atoms with Gasteiger partial charge in [0.1, 0.15) is 11.3 Å². The standard InChI is InChI=1S/C33H39N7O3/c1-37-31-24(10-21(12-27(31)43-2)33(42)40-16-20-8-9-25(40)29(20)35)36-32(37)26-11-19-4-3-5-23(22-14-38(15-22)17-28(34)41)30(19)39(26)13-18-6-7-18/h3-5,10-12,18,20,22,25,29H,6-9,13-17,35H2,1-2H3,(H2,34,41)/t20-,25-,29-/m1/s1. The SMILES string of the molecule is COc1cc(C(=O)N2C[C@H]3CC[C@@H]2[C@@H]3N)cc2nc(-c3cc4cccc(C5CN(CC(N)=O)C5)c4n3CC3CC3)n(C)c12. The Kier molecular flexibility index (Phi) is 6.10. The van der Waals surface area contributed by atoms with Crippen molar-refractivity contribution in [3.8, 4) is 17.3 Å². The van der Waals surface area contributed by atoms with Gasteiger partial charge in [-0.2, -0.15) is 0 Å². The summed E-state index contributed by atoms with van der Waals surface area (Å²) in [6, 6.07) is 12.8. The van der Waals surface area contributed by atoms with E-state index in [9.17, 15) is 9.59 Å². The lowest BCUT2D eigenvalue weighted by Crippen LogP contribution is -2.48. The first-order chi connectivity index (χ1) is 20.8. The molecular formula is C33H39N7O3. The van der Waals surface area contributed by atoms with Gasteiger partial charge in [0.15, 0.2) is 5.82 Å². The molecule has 2 aromatic carbocycles. The second-order valence-electron chi connectivity index (χ2n) is 13.2. The van der Waals surface area contributed by atoms with Gasteiger partial charge in [0, 0.05) is 62.2 Å². The van der Waals surface area contributed by atoms with Crippen LogP contribution in [-0.2, 0) is 18.4 Å². The second-order valence-corrected chi connectivity index (χ2v) is 13.2. The van der Waals surface area contributed by atoms with Crippen LogP contribution in [0.2, 0.25) is 0 Å². The lowest BCUT2D eigenvalue weighted by Gasteiger charge is -2.39. The Morgan fingerprint density at radius 2 is 1.86 bits per heavy atom. The van der Waals surface area contributed by atoms with Crippen molar-refractivity contribution in [2.45, 2.75) is 50.2 Å². The Labute approximate surface area is 250 Å². The predicted octanol–water partition coefficient (Wildman–Crippen LogP) is 3.06. The van der Waals surface area contributed by atoms with E-state index in [2.05, 4.69) is 38.3 Å². The minimum absolute atomic E-state index is 0.00780. The van der Waals surface area contributed by atoms with Crippen LogP contribution in [0.3, 0.4) is 0 Å². The maximum absolute atomic E-state index is 13.7. The first-order valence-corrected chi connectivity index (χ1v) is 15.5. The molecule has 2 aromatic heterocycles. The molecule has 2 saturated heterocycles. The van der Waals surface area contributed by atoms with Gasteiger partial charge in [0.25, 0.3) is 5.91 Å². The van der Waals surface area contributed by atoms with Gasteiger partial charge in [-0.3, -0.25) is 14.5 Å². The number of hydrogen-bond donors (Lipinski definition) is 2. The minimum atomic E-state index is -0.283. The van der Waals surface area contributed by atoms with Crippen molar-refractivity contribution in [2.24, 2.45) is 30.4 Å². The molecule has 2 bridgehead atoms. The van der Waals surface area contributed by atoms with Crippen LogP contribution in [0.4, 0.5) is 0 Å². The monoisotopic (exact) mass is 581 g/mol. The fraction of sp³-hybridized carbons (Fsp3) is 0.485. The van der Waals surface area contributed by atoms with Gasteiger partial charge < -0.3 is 30.2 Å². The highest BCUT2D eigenvalue weighted by Crippen LogP contribution is 2.42. The van der Waals surface area contributed by atoms with E-state index in [4.69, 9.17) is 21.2 Å². The highest BCUT2D eigenvalue weighted by molar-refractivity contribution is 6.00. The molecule has 8 rings (SSSR count). The number of amides is 2. The number of fused-ring (bicyclic) bond motifs is 4. The number of ether oxygens (including phenoxy) is 1. The van der Waals surface area contributed by atoms with Gasteiger partial charge in [-0.25, -0.2) is 4.98 Å². The molecular weight excluding hydrogens is 542 g/mol. The molecule has 224 valence electrons. The van der Waals surface area contributed by atoms with Gasteiger partial charge in [-0.15, -0.1) is 0 Å². The molecule has 4 aliphatic rings. The molecule has 2 saturated carbocycles. The first-order valence-electron chi connectivity index (χ1n) is 15.5. The number of piperidine rings is 1. The van der Waals surface area contributed by atoms with E-state index in [1.165, 1.54) is 29.3 Å². The first kappa shape index (κ1) is 26.7. The van der Waals surface area contributed by atoms with Crippen LogP contribution in [0.1, 0.15) is 47.5 Å². The molecule has 43 heavy (non-hydrogen) atoms. The van der Waals surface area contributed by atoms with Crippen molar-refractivity contribution in [3.05, 3.63) is 47.5 Å². The number of nitrogens with zero attached hydrogens (tertiary/aromatic N) is 5. The Hall–Kier alpha value is -3.89. The highest BCUT2D eigenvalue weighted by atomic mass is 16.5.